The fraction of sp³-hybridized carbons (Fsp3) is 0.100. The highest BCUT2D eigenvalue weighted by Crippen LogP contribution is 2.15. The molecule has 0 bridgehead atoms. The number of ether oxygens (including phenoxy) is 1. The Bertz CT molecular complexity index is 411. The molecule has 0 saturated heterocycles. The quantitative estimate of drug-likeness (QED) is 0.352. The zero-order valence-electron chi connectivity index (χ0n) is 8.54. The van der Waals surface area contributed by atoms with E-state index in [9.17, 15) is 14.9 Å². The van der Waals surface area contributed by atoms with Gasteiger partial charge in [-0.3, -0.25) is 14.9 Å². The van der Waals surface area contributed by atoms with Crippen LogP contribution >= 0.6 is 0 Å². The van der Waals surface area contributed by atoms with E-state index in [-0.39, 0.29) is 6.29 Å². The van der Waals surface area contributed by atoms with Crippen molar-refractivity contribution in [2.24, 2.45) is 0 Å². The molecule has 16 heavy (non-hydrogen) atoms. The molecule has 0 fully saturated rings. The maximum atomic E-state index is 10.3. The molecule has 0 aromatic heterocycles. The van der Waals surface area contributed by atoms with Crippen LogP contribution in [0.5, 0.6) is 5.75 Å². The number of anilines is 1. The number of methoxy groups -OCH3 is 1. The minimum atomic E-state index is -0.760. The Kier molecular flexibility index (Phi) is 4.02. The average molecular weight is 222 g/mol. The number of hydrogen-bond donors (Lipinski definition) is 1. The van der Waals surface area contributed by atoms with Gasteiger partial charge in [0, 0.05) is 5.69 Å². The fourth-order valence-corrected chi connectivity index (χ4v) is 0.974. The van der Waals surface area contributed by atoms with Crippen molar-refractivity contribution in [2.75, 3.05) is 12.4 Å². The molecule has 1 rings (SSSR count). The Hall–Kier alpha value is -2.37. The van der Waals surface area contributed by atoms with Gasteiger partial charge in [0.15, 0.2) is 0 Å². The van der Waals surface area contributed by atoms with Crippen LogP contribution in [-0.2, 0) is 4.79 Å². The summed E-state index contributed by atoms with van der Waals surface area (Å²) in [5.74, 6) is 0.680. The smallest absolute Gasteiger partial charge is 0.324 e. The molecule has 0 atom stereocenters. The summed E-state index contributed by atoms with van der Waals surface area (Å²) in [6, 6.07) is 6.75. The molecule has 1 aromatic rings. The van der Waals surface area contributed by atoms with E-state index in [2.05, 4.69) is 5.32 Å². The Morgan fingerprint density at radius 2 is 2.06 bits per heavy atom. The maximum absolute atomic E-state index is 10.3. The molecular weight excluding hydrogens is 212 g/mol. The van der Waals surface area contributed by atoms with Crippen LogP contribution < -0.4 is 10.1 Å². The summed E-state index contributed by atoms with van der Waals surface area (Å²) in [5.41, 5.74) is 0.0952. The number of allylic oxidation sites excluding steroid dienone is 1. The summed E-state index contributed by atoms with van der Waals surface area (Å²) in [7, 11) is 1.54. The second-order valence-corrected chi connectivity index (χ2v) is 2.82. The summed E-state index contributed by atoms with van der Waals surface area (Å²) in [6.45, 7) is 0. The van der Waals surface area contributed by atoms with Crippen molar-refractivity contribution < 1.29 is 14.5 Å². The number of nitro groups is 1. The van der Waals surface area contributed by atoms with Crippen LogP contribution in [0.3, 0.4) is 0 Å². The monoisotopic (exact) mass is 222 g/mol. The minimum Gasteiger partial charge on any atom is -0.497 e. The third-order valence-corrected chi connectivity index (χ3v) is 1.81. The molecule has 6 heteroatoms. The number of hydrogen-bond acceptors (Lipinski definition) is 5. The molecule has 0 aliphatic rings. The van der Waals surface area contributed by atoms with Crippen molar-refractivity contribution in [2.45, 2.75) is 0 Å². The third-order valence-electron chi connectivity index (χ3n) is 1.81. The number of benzene rings is 1. The van der Waals surface area contributed by atoms with Gasteiger partial charge in [-0.15, -0.1) is 0 Å². The first kappa shape index (κ1) is 11.7. The van der Waals surface area contributed by atoms with Gasteiger partial charge in [-0.1, -0.05) is 0 Å². The van der Waals surface area contributed by atoms with Gasteiger partial charge in [-0.25, -0.2) is 0 Å². The molecule has 6 nitrogen and oxygen atoms in total. The summed E-state index contributed by atoms with van der Waals surface area (Å²) < 4.78 is 4.95. The molecule has 84 valence electrons. The lowest BCUT2D eigenvalue weighted by atomic mass is 10.3. The highest BCUT2D eigenvalue weighted by Gasteiger charge is 2.07. The van der Waals surface area contributed by atoms with E-state index in [0.29, 0.717) is 11.4 Å². The number of carbonyl (C=O) groups is 1. The Labute approximate surface area is 91.7 Å². The first-order chi connectivity index (χ1) is 7.67. The fourth-order valence-electron chi connectivity index (χ4n) is 0.974. The van der Waals surface area contributed by atoms with E-state index < -0.39 is 10.6 Å². The molecule has 0 radical (unpaired) electrons. The predicted molar refractivity (Wildman–Crippen MR) is 57.8 cm³/mol. The standard InChI is InChI=1S/C10H10N2O4/c1-16-10-4-2-8(3-5-10)11-6-9(7-13)12(14)15/h2-7,11H,1H3. The van der Waals surface area contributed by atoms with Crippen LogP contribution in [-0.4, -0.2) is 18.3 Å². The van der Waals surface area contributed by atoms with Crippen LogP contribution in [0.25, 0.3) is 0 Å². The SMILES string of the molecule is COc1ccc(NC=C(C=O)[N+](=O)[O-])cc1. The predicted octanol–water partition coefficient (Wildman–Crippen LogP) is 1.42. The van der Waals surface area contributed by atoms with Crippen molar-refractivity contribution in [1.29, 1.82) is 0 Å². The molecule has 0 saturated carbocycles. The van der Waals surface area contributed by atoms with Crippen molar-refractivity contribution >= 4 is 12.0 Å². The first-order valence-corrected chi connectivity index (χ1v) is 4.37. The van der Waals surface area contributed by atoms with Gasteiger partial charge in [0.05, 0.1) is 18.2 Å². The minimum absolute atomic E-state index is 0.177. The van der Waals surface area contributed by atoms with Crippen LogP contribution in [0, 0.1) is 10.1 Å². The second-order valence-electron chi connectivity index (χ2n) is 2.82. The van der Waals surface area contributed by atoms with E-state index in [1.165, 1.54) is 0 Å². The Morgan fingerprint density at radius 3 is 2.50 bits per heavy atom. The average Bonchev–Trinajstić information content (AvgIpc) is 2.30. The molecule has 1 N–H and O–H groups in total. The largest absolute Gasteiger partial charge is 0.497 e. The Balaban J connectivity index is 2.73. The zero-order chi connectivity index (χ0) is 12.0. The Morgan fingerprint density at radius 1 is 1.44 bits per heavy atom. The number of nitrogens with one attached hydrogen (secondary N) is 1. The summed E-state index contributed by atoms with van der Waals surface area (Å²) >= 11 is 0. The molecule has 0 heterocycles. The second kappa shape index (κ2) is 5.50. The van der Waals surface area contributed by atoms with E-state index in [0.717, 1.165) is 6.20 Å². The molecule has 0 aliphatic heterocycles. The van der Waals surface area contributed by atoms with Crippen molar-refractivity contribution in [3.63, 3.8) is 0 Å². The number of nitrogens with zero attached hydrogens (tertiary/aromatic N) is 1. The zero-order valence-corrected chi connectivity index (χ0v) is 8.54. The molecule has 0 amide bonds. The van der Waals surface area contributed by atoms with E-state index in [1.54, 1.807) is 31.4 Å². The molecule has 0 aliphatic carbocycles. The number of aldehydes is 1. The lowest BCUT2D eigenvalue weighted by molar-refractivity contribution is -0.417. The number of carbonyl (C=O) groups excluding carboxylic acids is 1. The summed E-state index contributed by atoms with van der Waals surface area (Å²) in [5, 5.41) is 12.9. The third kappa shape index (κ3) is 3.09. The lowest BCUT2D eigenvalue weighted by Gasteiger charge is -2.02. The molecular formula is C10H10N2O4. The van der Waals surface area contributed by atoms with Crippen LogP contribution in [0.4, 0.5) is 5.69 Å². The maximum Gasteiger partial charge on any atom is 0.324 e. The molecule has 0 spiro atoms. The number of rotatable bonds is 5. The van der Waals surface area contributed by atoms with E-state index in [1.807, 2.05) is 0 Å². The topological polar surface area (TPSA) is 81.5 Å². The van der Waals surface area contributed by atoms with Crippen LogP contribution in [0.1, 0.15) is 0 Å². The van der Waals surface area contributed by atoms with Gasteiger partial charge < -0.3 is 10.1 Å². The van der Waals surface area contributed by atoms with E-state index in [4.69, 9.17) is 4.74 Å². The van der Waals surface area contributed by atoms with Crippen molar-refractivity contribution in [3.05, 3.63) is 46.3 Å². The molecule has 0 unspecified atom stereocenters. The van der Waals surface area contributed by atoms with Gasteiger partial charge in [0.2, 0.25) is 6.29 Å². The van der Waals surface area contributed by atoms with Gasteiger partial charge in [-0.2, -0.15) is 0 Å². The first-order valence-electron chi connectivity index (χ1n) is 4.37. The van der Waals surface area contributed by atoms with Crippen LogP contribution in [0.2, 0.25) is 0 Å². The summed E-state index contributed by atoms with van der Waals surface area (Å²) in [4.78, 5) is 19.8. The van der Waals surface area contributed by atoms with Gasteiger partial charge in [0.25, 0.3) is 0 Å². The van der Waals surface area contributed by atoms with Gasteiger partial charge >= 0.3 is 5.70 Å². The van der Waals surface area contributed by atoms with Gasteiger partial charge in [0.1, 0.15) is 5.75 Å². The molecule has 1 aromatic carbocycles. The normalized spacial score (nSPS) is 10.7. The van der Waals surface area contributed by atoms with Gasteiger partial charge in [-0.05, 0) is 24.3 Å². The highest BCUT2D eigenvalue weighted by molar-refractivity contribution is 5.70. The van der Waals surface area contributed by atoms with Crippen molar-refractivity contribution in [1.82, 2.24) is 0 Å². The van der Waals surface area contributed by atoms with Crippen LogP contribution in [0.15, 0.2) is 36.2 Å². The van der Waals surface area contributed by atoms with Crippen molar-refractivity contribution in [3.8, 4) is 5.75 Å². The highest BCUT2D eigenvalue weighted by atomic mass is 16.6. The summed E-state index contributed by atoms with van der Waals surface area (Å²) in [6.07, 6.45) is 1.21. The van der Waals surface area contributed by atoms with E-state index >= 15 is 0 Å². The lowest BCUT2D eigenvalue weighted by Crippen LogP contribution is -2.02.